The van der Waals surface area contributed by atoms with E-state index in [0.717, 1.165) is 56.6 Å². The topological polar surface area (TPSA) is 58.4 Å². The molecule has 3 aliphatic heterocycles. The molecule has 0 spiro atoms. The standard InChI is InChI=1S/C30H28F6N4O2S/c31-29(32,33)22-8-7-19(23(14-22)30(34,35)36)17-40-25-9-6-18(12-21(25)15-37-40)13-26-27(41)39(28(42)43-26)16-20-4-3-11-38-10-2-1-5-24(20)38/h6-9,12-15,20,24H,1-5,10-11,16-17H2. The van der Waals surface area contributed by atoms with Gasteiger partial charge in [0.25, 0.3) is 11.1 Å². The Morgan fingerprint density at radius 1 is 0.930 bits per heavy atom. The summed E-state index contributed by atoms with van der Waals surface area (Å²) in [5.74, 6) is -0.0766. The Morgan fingerprint density at radius 3 is 2.49 bits per heavy atom. The molecule has 0 aliphatic carbocycles. The number of carbonyl (C=O) groups excluding carboxylic acids is 2. The van der Waals surface area contributed by atoms with Crippen LogP contribution in [0.3, 0.4) is 0 Å². The van der Waals surface area contributed by atoms with Crippen LogP contribution in [0.1, 0.15) is 54.4 Å². The van der Waals surface area contributed by atoms with Gasteiger partial charge in [-0.15, -0.1) is 0 Å². The minimum atomic E-state index is -4.98. The predicted octanol–water partition coefficient (Wildman–Crippen LogP) is 7.42. The normalized spacial score (nSPS) is 23.0. The molecule has 2 amide bonds. The highest BCUT2D eigenvalue weighted by atomic mass is 32.2. The molecule has 3 aromatic rings. The van der Waals surface area contributed by atoms with Crippen LogP contribution in [0.5, 0.6) is 0 Å². The number of aromatic nitrogens is 2. The molecule has 3 saturated heterocycles. The number of thioether (sulfide) groups is 1. The van der Waals surface area contributed by atoms with Crippen molar-refractivity contribution in [3.63, 3.8) is 0 Å². The van der Waals surface area contributed by atoms with Crippen molar-refractivity contribution < 1.29 is 35.9 Å². The third-order valence-corrected chi connectivity index (χ3v) is 9.45. The number of carbonyl (C=O) groups is 2. The Balaban J connectivity index is 1.20. The summed E-state index contributed by atoms with van der Waals surface area (Å²) < 4.78 is 81.3. The molecule has 6 nitrogen and oxygen atoms in total. The second-order valence-corrected chi connectivity index (χ2v) is 12.3. The number of hydrogen-bond acceptors (Lipinski definition) is 5. The Labute approximate surface area is 247 Å². The fourth-order valence-electron chi connectivity index (χ4n) is 6.47. The zero-order valence-electron chi connectivity index (χ0n) is 22.9. The molecule has 3 fully saturated rings. The number of rotatable bonds is 5. The first-order valence-corrected chi connectivity index (χ1v) is 14.9. The van der Waals surface area contributed by atoms with Crippen LogP contribution in [-0.2, 0) is 23.7 Å². The van der Waals surface area contributed by atoms with Gasteiger partial charge in [0.15, 0.2) is 0 Å². The van der Waals surface area contributed by atoms with Crippen LogP contribution in [-0.4, -0.2) is 56.4 Å². The van der Waals surface area contributed by atoms with E-state index in [-0.39, 0.29) is 28.7 Å². The Bertz CT molecular complexity index is 1600. The second kappa shape index (κ2) is 11.3. The van der Waals surface area contributed by atoms with Crippen LogP contribution in [0.25, 0.3) is 17.0 Å². The van der Waals surface area contributed by atoms with Crippen LogP contribution < -0.4 is 0 Å². The number of nitrogens with zero attached hydrogens (tertiary/aromatic N) is 4. The van der Waals surface area contributed by atoms with Crippen molar-refractivity contribution >= 4 is 39.9 Å². The lowest BCUT2D eigenvalue weighted by molar-refractivity contribution is -0.143. The summed E-state index contributed by atoms with van der Waals surface area (Å²) in [5, 5.41) is 4.43. The molecule has 2 aromatic carbocycles. The van der Waals surface area contributed by atoms with Gasteiger partial charge >= 0.3 is 12.4 Å². The maximum atomic E-state index is 13.6. The third-order valence-electron chi connectivity index (χ3n) is 8.55. The van der Waals surface area contributed by atoms with Gasteiger partial charge in [-0.1, -0.05) is 18.6 Å². The minimum Gasteiger partial charge on any atom is -0.300 e. The monoisotopic (exact) mass is 622 g/mol. The van der Waals surface area contributed by atoms with E-state index in [1.807, 2.05) is 0 Å². The molecule has 0 radical (unpaired) electrons. The van der Waals surface area contributed by atoms with Gasteiger partial charge in [0.1, 0.15) is 0 Å². The summed E-state index contributed by atoms with van der Waals surface area (Å²) in [7, 11) is 0. The first kappa shape index (κ1) is 29.7. The number of imide groups is 1. The van der Waals surface area contributed by atoms with E-state index in [9.17, 15) is 35.9 Å². The highest BCUT2D eigenvalue weighted by molar-refractivity contribution is 8.18. The van der Waals surface area contributed by atoms with Gasteiger partial charge in [-0.2, -0.15) is 31.4 Å². The lowest BCUT2D eigenvalue weighted by Crippen LogP contribution is -2.51. The van der Waals surface area contributed by atoms with Gasteiger partial charge in [-0.3, -0.25) is 19.2 Å². The quantitative estimate of drug-likeness (QED) is 0.219. The van der Waals surface area contributed by atoms with E-state index in [4.69, 9.17) is 0 Å². The molecule has 1 aromatic heterocycles. The maximum Gasteiger partial charge on any atom is 0.416 e. The molecule has 0 bridgehead atoms. The van der Waals surface area contributed by atoms with Gasteiger partial charge in [0.05, 0.1) is 34.3 Å². The summed E-state index contributed by atoms with van der Waals surface area (Å²) in [6, 6.07) is 6.94. The number of hydrogen-bond donors (Lipinski definition) is 0. The highest BCUT2D eigenvalue weighted by Gasteiger charge is 2.41. The summed E-state index contributed by atoms with van der Waals surface area (Å²) in [4.78, 5) is 30.2. The SMILES string of the molecule is O=C1SC(=Cc2ccc3c(cnn3Cc3ccc(C(F)(F)F)cc3C(F)(F)F)c2)C(=O)N1CC1CCCN2CCCCC12. The summed E-state index contributed by atoms with van der Waals surface area (Å²) in [6.07, 6.45) is -1.37. The van der Waals surface area contributed by atoms with Crippen LogP contribution in [0.4, 0.5) is 31.1 Å². The number of benzene rings is 2. The molecular weight excluding hydrogens is 594 g/mol. The molecule has 228 valence electrons. The van der Waals surface area contributed by atoms with Crippen molar-refractivity contribution in [1.82, 2.24) is 19.6 Å². The fraction of sp³-hybridized carbons (Fsp3) is 0.433. The summed E-state index contributed by atoms with van der Waals surface area (Å²) >= 11 is 0.891. The van der Waals surface area contributed by atoms with Gasteiger partial charge in [0.2, 0.25) is 0 Å². The van der Waals surface area contributed by atoms with Gasteiger partial charge in [0, 0.05) is 18.0 Å². The van der Waals surface area contributed by atoms with E-state index in [1.165, 1.54) is 22.2 Å². The average molecular weight is 623 g/mol. The first-order chi connectivity index (χ1) is 20.4. The Hall–Kier alpha value is -3.32. The zero-order chi connectivity index (χ0) is 30.5. The largest absolute Gasteiger partial charge is 0.416 e. The van der Waals surface area contributed by atoms with E-state index < -0.39 is 30.0 Å². The zero-order valence-corrected chi connectivity index (χ0v) is 23.7. The van der Waals surface area contributed by atoms with Crippen molar-refractivity contribution in [2.75, 3.05) is 19.6 Å². The van der Waals surface area contributed by atoms with Crippen molar-refractivity contribution in [3.8, 4) is 0 Å². The van der Waals surface area contributed by atoms with Gasteiger partial charge < -0.3 is 4.90 Å². The van der Waals surface area contributed by atoms with Crippen molar-refractivity contribution in [1.29, 1.82) is 0 Å². The molecule has 0 saturated carbocycles. The van der Waals surface area contributed by atoms with Crippen LogP contribution in [0.15, 0.2) is 47.5 Å². The second-order valence-electron chi connectivity index (χ2n) is 11.3. The summed E-state index contributed by atoms with van der Waals surface area (Å²) in [5.41, 5.74) is -2.02. The van der Waals surface area contributed by atoms with Crippen LogP contribution >= 0.6 is 11.8 Å². The average Bonchev–Trinajstić information content (AvgIpc) is 3.47. The van der Waals surface area contributed by atoms with E-state index in [1.54, 1.807) is 24.3 Å². The molecule has 43 heavy (non-hydrogen) atoms. The lowest BCUT2D eigenvalue weighted by Gasteiger charge is -2.45. The summed E-state index contributed by atoms with van der Waals surface area (Å²) in [6.45, 7) is 2.14. The van der Waals surface area contributed by atoms with E-state index in [2.05, 4.69) is 10.00 Å². The van der Waals surface area contributed by atoms with Crippen LogP contribution in [0.2, 0.25) is 0 Å². The first-order valence-electron chi connectivity index (χ1n) is 14.1. The molecule has 13 heteroatoms. The molecule has 6 rings (SSSR count). The minimum absolute atomic E-state index is 0.117. The fourth-order valence-corrected chi connectivity index (χ4v) is 7.32. The van der Waals surface area contributed by atoms with Crippen LogP contribution in [0, 0.1) is 5.92 Å². The van der Waals surface area contributed by atoms with Crippen molar-refractivity contribution in [2.45, 2.75) is 57.0 Å². The van der Waals surface area contributed by atoms with Crippen molar-refractivity contribution in [2.24, 2.45) is 5.92 Å². The molecule has 0 N–H and O–H groups in total. The Morgan fingerprint density at radius 2 is 1.72 bits per heavy atom. The van der Waals surface area contributed by atoms with E-state index >= 15 is 0 Å². The molecule has 3 aliphatic rings. The number of alkyl halides is 6. The third kappa shape index (κ3) is 6.06. The van der Waals surface area contributed by atoms with Gasteiger partial charge in [-0.05, 0) is 97.9 Å². The Kier molecular flexibility index (Phi) is 7.82. The number of halogens is 6. The molecular formula is C30H28F6N4O2S. The number of piperidine rings is 2. The smallest absolute Gasteiger partial charge is 0.300 e. The number of amides is 2. The predicted molar refractivity (Wildman–Crippen MR) is 150 cm³/mol. The number of fused-ring (bicyclic) bond motifs is 2. The molecule has 2 atom stereocenters. The molecule has 4 heterocycles. The highest BCUT2D eigenvalue weighted by Crippen LogP contribution is 2.39. The van der Waals surface area contributed by atoms with Gasteiger partial charge in [-0.25, -0.2) is 0 Å². The van der Waals surface area contributed by atoms with Crippen molar-refractivity contribution in [3.05, 3.63) is 69.8 Å². The molecule has 2 unspecified atom stereocenters. The van der Waals surface area contributed by atoms with E-state index in [0.29, 0.717) is 40.0 Å². The lowest BCUT2D eigenvalue weighted by atomic mass is 9.83. The maximum absolute atomic E-state index is 13.6.